The smallest absolute Gasteiger partial charge is 0.306 e. The number of carboxylic acids is 1. The molecule has 4 nitrogen and oxygen atoms in total. The van der Waals surface area contributed by atoms with Gasteiger partial charge in [0.05, 0.1) is 5.92 Å². The van der Waals surface area contributed by atoms with Crippen LogP contribution in [0.3, 0.4) is 0 Å². The zero-order valence-electron chi connectivity index (χ0n) is 10.1. The van der Waals surface area contributed by atoms with Crippen LogP contribution < -0.4 is 5.32 Å². The van der Waals surface area contributed by atoms with Crippen molar-refractivity contribution in [2.24, 2.45) is 5.92 Å². The Morgan fingerprint density at radius 1 is 1.33 bits per heavy atom. The number of anilines is 1. The number of carbonyl (C=O) groups is 2. The number of nitrogens with one attached hydrogen (secondary N) is 1. The van der Waals surface area contributed by atoms with Crippen molar-refractivity contribution in [1.82, 2.24) is 0 Å². The maximum atomic E-state index is 12.6. The van der Waals surface area contributed by atoms with Crippen molar-refractivity contribution in [3.05, 3.63) is 30.1 Å². The van der Waals surface area contributed by atoms with Gasteiger partial charge in [0.1, 0.15) is 5.82 Å². The molecule has 0 aromatic heterocycles. The zero-order chi connectivity index (χ0) is 13.5. The topological polar surface area (TPSA) is 66.4 Å². The Bertz CT molecular complexity index is 417. The average molecular weight is 253 g/mol. The third-order valence-electron chi connectivity index (χ3n) is 2.69. The maximum Gasteiger partial charge on any atom is 0.306 e. The number of benzene rings is 1. The van der Waals surface area contributed by atoms with E-state index in [1.54, 1.807) is 6.92 Å². The molecule has 1 aromatic rings. The van der Waals surface area contributed by atoms with Gasteiger partial charge in [0, 0.05) is 12.1 Å². The lowest BCUT2D eigenvalue weighted by molar-refractivity contribution is -0.142. The third-order valence-corrected chi connectivity index (χ3v) is 2.69. The van der Waals surface area contributed by atoms with Crippen LogP contribution in [-0.2, 0) is 9.59 Å². The van der Waals surface area contributed by atoms with E-state index in [-0.39, 0.29) is 18.1 Å². The molecule has 0 radical (unpaired) electrons. The number of aliphatic carboxylic acids is 1. The number of carboxylic acid groups (broad SMARTS) is 1. The fourth-order valence-electron chi connectivity index (χ4n) is 1.56. The van der Waals surface area contributed by atoms with E-state index in [0.717, 1.165) is 0 Å². The predicted molar refractivity (Wildman–Crippen MR) is 65.7 cm³/mol. The van der Waals surface area contributed by atoms with Crippen LogP contribution in [0, 0.1) is 11.7 Å². The van der Waals surface area contributed by atoms with Crippen LogP contribution in [0.4, 0.5) is 10.1 Å². The fraction of sp³-hybridized carbons (Fsp3) is 0.385. The van der Waals surface area contributed by atoms with Gasteiger partial charge in [-0.3, -0.25) is 9.59 Å². The van der Waals surface area contributed by atoms with Crippen molar-refractivity contribution in [2.45, 2.75) is 26.2 Å². The summed E-state index contributed by atoms with van der Waals surface area (Å²) in [7, 11) is 0. The molecular weight excluding hydrogens is 237 g/mol. The minimum atomic E-state index is -0.882. The minimum Gasteiger partial charge on any atom is -0.481 e. The largest absolute Gasteiger partial charge is 0.481 e. The lowest BCUT2D eigenvalue weighted by Crippen LogP contribution is -2.17. The third kappa shape index (κ3) is 4.53. The first-order chi connectivity index (χ1) is 8.52. The monoisotopic (exact) mass is 253 g/mol. The van der Waals surface area contributed by atoms with Gasteiger partial charge in [-0.1, -0.05) is 6.92 Å². The van der Waals surface area contributed by atoms with Crippen LogP contribution >= 0.6 is 0 Å². The quantitative estimate of drug-likeness (QED) is 0.819. The molecular formula is C13H16FNO3. The molecule has 98 valence electrons. The highest BCUT2D eigenvalue weighted by atomic mass is 19.1. The summed E-state index contributed by atoms with van der Waals surface area (Å²) in [5, 5.41) is 11.4. The molecule has 1 rings (SSSR count). The van der Waals surface area contributed by atoms with E-state index in [1.807, 2.05) is 0 Å². The van der Waals surface area contributed by atoms with Crippen molar-refractivity contribution in [1.29, 1.82) is 0 Å². The highest BCUT2D eigenvalue weighted by molar-refractivity contribution is 5.90. The molecule has 5 heteroatoms. The summed E-state index contributed by atoms with van der Waals surface area (Å²) in [5.41, 5.74) is 0.504. The zero-order valence-corrected chi connectivity index (χ0v) is 10.1. The molecule has 0 aliphatic rings. The molecule has 1 aromatic carbocycles. The minimum absolute atomic E-state index is 0.141. The lowest BCUT2D eigenvalue weighted by Gasteiger charge is -2.09. The molecule has 1 unspecified atom stereocenters. The molecule has 0 bridgehead atoms. The van der Waals surface area contributed by atoms with Crippen molar-refractivity contribution >= 4 is 17.6 Å². The number of halogens is 1. The highest BCUT2D eigenvalue weighted by Crippen LogP contribution is 2.13. The van der Waals surface area contributed by atoms with Crippen LogP contribution in [-0.4, -0.2) is 17.0 Å². The number of carbonyl (C=O) groups excluding carboxylic acids is 1. The Hall–Kier alpha value is -1.91. The molecule has 0 aliphatic heterocycles. The van der Waals surface area contributed by atoms with E-state index in [4.69, 9.17) is 5.11 Å². The fourth-order valence-corrected chi connectivity index (χ4v) is 1.56. The molecule has 2 N–H and O–H groups in total. The molecule has 18 heavy (non-hydrogen) atoms. The summed E-state index contributed by atoms with van der Waals surface area (Å²) < 4.78 is 12.6. The van der Waals surface area contributed by atoms with Gasteiger partial charge >= 0.3 is 5.97 Å². The van der Waals surface area contributed by atoms with E-state index in [2.05, 4.69) is 5.32 Å². The highest BCUT2D eigenvalue weighted by Gasteiger charge is 2.16. The van der Waals surface area contributed by atoms with Crippen LogP contribution in [0.15, 0.2) is 24.3 Å². The SMILES string of the molecule is CCC(CCC(=O)Nc1ccc(F)cc1)C(=O)O. The second-order valence-electron chi connectivity index (χ2n) is 4.04. The Labute approximate surface area is 105 Å². The van der Waals surface area contributed by atoms with Crippen molar-refractivity contribution in [2.75, 3.05) is 5.32 Å². The predicted octanol–water partition coefficient (Wildman–Crippen LogP) is 2.66. The Balaban J connectivity index is 2.42. The second-order valence-corrected chi connectivity index (χ2v) is 4.04. The Morgan fingerprint density at radius 3 is 2.44 bits per heavy atom. The molecule has 0 aliphatic carbocycles. The van der Waals surface area contributed by atoms with Gasteiger partial charge < -0.3 is 10.4 Å². The van der Waals surface area contributed by atoms with E-state index < -0.39 is 11.9 Å². The van der Waals surface area contributed by atoms with Gasteiger partial charge in [0.15, 0.2) is 0 Å². The van der Waals surface area contributed by atoms with Crippen LogP contribution in [0.2, 0.25) is 0 Å². The molecule has 0 saturated carbocycles. The summed E-state index contributed by atoms with van der Waals surface area (Å²) in [6, 6.07) is 5.42. The second kappa shape index (κ2) is 6.74. The molecule has 1 amide bonds. The molecule has 1 atom stereocenters. The number of amides is 1. The van der Waals surface area contributed by atoms with Gasteiger partial charge in [-0.15, -0.1) is 0 Å². The Morgan fingerprint density at radius 2 is 1.94 bits per heavy atom. The van der Waals surface area contributed by atoms with Gasteiger partial charge in [-0.05, 0) is 37.1 Å². The van der Waals surface area contributed by atoms with Gasteiger partial charge in [0.25, 0.3) is 0 Å². The summed E-state index contributed by atoms with van der Waals surface area (Å²) in [5.74, 6) is -2.01. The van der Waals surface area contributed by atoms with Crippen LogP contribution in [0.1, 0.15) is 26.2 Å². The van der Waals surface area contributed by atoms with Crippen LogP contribution in [0.5, 0.6) is 0 Å². The number of rotatable bonds is 6. The standard InChI is InChI=1S/C13H16FNO3/c1-2-9(13(17)18)3-8-12(16)15-11-6-4-10(14)5-7-11/h4-7,9H,2-3,8H2,1H3,(H,15,16)(H,17,18). The summed E-state index contributed by atoms with van der Waals surface area (Å²) in [6.45, 7) is 1.77. The van der Waals surface area contributed by atoms with E-state index >= 15 is 0 Å². The first-order valence-electron chi connectivity index (χ1n) is 5.81. The Kier molecular flexibility index (Phi) is 5.30. The van der Waals surface area contributed by atoms with E-state index in [1.165, 1.54) is 24.3 Å². The summed E-state index contributed by atoms with van der Waals surface area (Å²) in [6.07, 6.45) is 0.945. The van der Waals surface area contributed by atoms with E-state index in [9.17, 15) is 14.0 Å². The summed E-state index contributed by atoms with van der Waals surface area (Å²) >= 11 is 0. The molecule has 0 heterocycles. The molecule has 0 spiro atoms. The van der Waals surface area contributed by atoms with E-state index in [0.29, 0.717) is 18.5 Å². The van der Waals surface area contributed by atoms with Gasteiger partial charge in [-0.2, -0.15) is 0 Å². The first-order valence-corrected chi connectivity index (χ1v) is 5.81. The summed E-state index contributed by atoms with van der Waals surface area (Å²) in [4.78, 5) is 22.3. The van der Waals surface area contributed by atoms with Gasteiger partial charge in [-0.25, -0.2) is 4.39 Å². The number of hydrogen-bond donors (Lipinski definition) is 2. The van der Waals surface area contributed by atoms with Crippen molar-refractivity contribution in [3.8, 4) is 0 Å². The van der Waals surface area contributed by atoms with Crippen LogP contribution in [0.25, 0.3) is 0 Å². The maximum absolute atomic E-state index is 12.6. The first kappa shape index (κ1) is 14.2. The lowest BCUT2D eigenvalue weighted by atomic mass is 10.0. The van der Waals surface area contributed by atoms with Crippen molar-refractivity contribution in [3.63, 3.8) is 0 Å². The van der Waals surface area contributed by atoms with Gasteiger partial charge in [0.2, 0.25) is 5.91 Å². The molecule has 0 fully saturated rings. The average Bonchev–Trinajstić information content (AvgIpc) is 2.32. The van der Waals surface area contributed by atoms with Crippen molar-refractivity contribution < 1.29 is 19.1 Å². The molecule has 0 saturated heterocycles. The number of hydrogen-bond acceptors (Lipinski definition) is 2. The normalized spacial score (nSPS) is 11.9.